The molecule has 1 aromatic carbocycles. The highest BCUT2D eigenvalue weighted by Crippen LogP contribution is 2.37. The van der Waals surface area contributed by atoms with Gasteiger partial charge in [-0.05, 0) is 36.1 Å². The first kappa shape index (κ1) is 15.4. The third kappa shape index (κ3) is 3.54. The minimum atomic E-state index is 0.408. The molecule has 0 bridgehead atoms. The van der Waals surface area contributed by atoms with Gasteiger partial charge in [0.25, 0.3) is 0 Å². The number of rotatable bonds is 4. The molecule has 1 N–H and O–H groups in total. The molecule has 0 radical (unpaired) electrons. The number of hydrogen-bond acceptors (Lipinski definition) is 4. The summed E-state index contributed by atoms with van der Waals surface area (Å²) in [7, 11) is 3.35. The highest BCUT2D eigenvalue weighted by molar-refractivity contribution is 7.99. The van der Waals surface area contributed by atoms with Gasteiger partial charge in [-0.15, -0.1) is 0 Å². The zero-order valence-corrected chi connectivity index (χ0v) is 13.9. The van der Waals surface area contributed by atoms with Gasteiger partial charge in [0.1, 0.15) is 0 Å². The Morgan fingerprint density at radius 3 is 2.45 bits per heavy atom. The van der Waals surface area contributed by atoms with Gasteiger partial charge in [0.05, 0.1) is 14.2 Å². The maximum atomic E-state index is 5.39. The molecule has 1 aliphatic rings. The summed E-state index contributed by atoms with van der Waals surface area (Å²) in [4.78, 5) is 0. The van der Waals surface area contributed by atoms with Gasteiger partial charge in [0.15, 0.2) is 11.5 Å². The first-order valence-electron chi connectivity index (χ1n) is 7.02. The SMILES string of the molecule is COc1cc(C)c(NC2CSCC(C)(C)C2)cc1OC. The number of hydrogen-bond donors (Lipinski definition) is 1. The molecule has 4 heteroatoms. The zero-order chi connectivity index (χ0) is 14.8. The molecule has 2 rings (SSSR count). The van der Waals surface area contributed by atoms with Crippen molar-refractivity contribution in [3.63, 3.8) is 0 Å². The van der Waals surface area contributed by atoms with Crippen molar-refractivity contribution in [2.75, 3.05) is 31.0 Å². The summed E-state index contributed by atoms with van der Waals surface area (Å²) in [5.41, 5.74) is 2.74. The fourth-order valence-corrected chi connectivity index (χ4v) is 3.99. The van der Waals surface area contributed by atoms with Crippen LogP contribution >= 0.6 is 11.8 Å². The van der Waals surface area contributed by atoms with E-state index in [1.54, 1.807) is 14.2 Å². The largest absolute Gasteiger partial charge is 0.493 e. The molecule has 1 unspecified atom stereocenters. The number of methoxy groups -OCH3 is 2. The predicted molar refractivity (Wildman–Crippen MR) is 87.4 cm³/mol. The molecule has 1 fully saturated rings. The topological polar surface area (TPSA) is 30.5 Å². The van der Waals surface area contributed by atoms with E-state index < -0.39 is 0 Å². The van der Waals surface area contributed by atoms with Crippen molar-refractivity contribution < 1.29 is 9.47 Å². The summed E-state index contributed by atoms with van der Waals surface area (Å²) in [6.45, 7) is 6.79. The van der Waals surface area contributed by atoms with Crippen LogP contribution in [0.2, 0.25) is 0 Å². The van der Waals surface area contributed by atoms with Crippen molar-refractivity contribution in [1.29, 1.82) is 0 Å². The molecule has 20 heavy (non-hydrogen) atoms. The van der Waals surface area contributed by atoms with E-state index >= 15 is 0 Å². The van der Waals surface area contributed by atoms with Gasteiger partial charge in [-0.2, -0.15) is 11.8 Å². The Bertz CT molecular complexity index is 474. The monoisotopic (exact) mass is 295 g/mol. The summed E-state index contributed by atoms with van der Waals surface area (Å²) in [6.07, 6.45) is 1.20. The number of thioether (sulfide) groups is 1. The minimum absolute atomic E-state index is 0.408. The third-order valence-electron chi connectivity index (χ3n) is 3.70. The maximum Gasteiger partial charge on any atom is 0.162 e. The van der Waals surface area contributed by atoms with E-state index in [9.17, 15) is 0 Å². The molecular formula is C16H25NO2S. The Hall–Kier alpha value is -1.03. The van der Waals surface area contributed by atoms with E-state index in [1.807, 2.05) is 23.9 Å². The van der Waals surface area contributed by atoms with Gasteiger partial charge in [-0.3, -0.25) is 0 Å². The lowest BCUT2D eigenvalue weighted by molar-refractivity contribution is 0.353. The average molecular weight is 295 g/mol. The Morgan fingerprint density at radius 2 is 1.85 bits per heavy atom. The fourth-order valence-electron chi connectivity index (χ4n) is 2.71. The fraction of sp³-hybridized carbons (Fsp3) is 0.625. The third-order valence-corrected chi connectivity index (χ3v) is 5.32. The number of aryl methyl sites for hydroxylation is 1. The Kier molecular flexibility index (Phi) is 4.74. The number of ether oxygens (including phenoxy) is 2. The first-order valence-corrected chi connectivity index (χ1v) is 8.17. The molecule has 112 valence electrons. The lowest BCUT2D eigenvalue weighted by Gasteiger charge is -2.36. The van der Waals surface area contributed by atoms with Crippen LogP contribution in [-0.4, -0.2) is 31.8 Å². The molecule has 0 amide bonds. The van der Waals surface area contributed by atoms with Gasteiger partial charge >= 0.3 is 0 Å². The van der Waals surface area contributed by atoms with Crippen molar-refractivity contribution in [2.24, 2.45) is 5.41 Å². The molecule has 1 atom stereocenters. The maximum absolute atomic E-state index is 5.39. The molecule has 0 spiro atoms. The molecule has 1 aliphatic heterocycles. The van der Waals surface area contributed by atoms with E-state index in [2.05, 4.69) is 26.1 Å². The number of nitrogens with one attached hydrogen (secondary N) is 1. The summed E-state index contributed by atoms with van der Waals surface area (Å²) in [6, 6.07) is 4.59. The van der Waals surface area contributed by atoms with Gasteiger partial charge in [-0.1, -0.05) is 13.8 Å². The van der Waals surface area contributed by atoms with E-state index in [4.69, 9.17) is 9.47 Å². The predicted octanol–water partition coefficient (Wildman–Crippen LogP) is 3.96. The molecule has 0 saturated carbocycles. The standard InChI is InChI=1S/C16H25NO2S/c1-11-6-14(18-4)15(19-5)7-13(11)17-12-8-16(2,3)10-20-9-12/h6-7,12,17H,8-10H2,1-5H3. The summed E-state index contributed by atoms with van der Waals surface area (Å²) >= 11 is 2.03. The van der Waals surface area contributed by atoms with Crippen molar-refractivity contribution in [2.45, 2.75) is 33.2 Å². The van der Waals surface area contributed by atoms with E-state index in [-0.39, 0.29) is 0 Å². The second-order valence-electron chi connectivity index (χ2n) is 6.25. The second kappa shape index (κ2) is 6.17. The Morgan fingerprint density at radius 1 is 1.20 bits per heavy atom. The minimum Gasteiger partial charge on any atom is -0.493 e. The van der Waals surface area contributed by atoms with Crippen molar-refractivity contribution in [3.8, 4) is 11.5 Å². The van der Waals surface area contributed by atoms with Crippen LogP contribution < -0.4 is 14.8 Å². The van der Waals surface area contributed by atoms with Crippen molar-refractivity contribution >= 4 is 17.4 Å². The summed E-state index contributed by atoms with van der Waals surface area (Å²) < 4.78 is 10.7. The van der Waals surface area contributed by atoms with Gasteiger partial charge in [0.2, 0.25) is 0 Å². The molecule has 0 aromatic heterocycles. The van der Waals surface area contributed by atoms with Crippen LogP contribution in [0.5, 0.6) is 11.5 Å². The second-order valence-corrected chi connectivity index (χ2v) is 7.28. The van der Waals surface area contributed by atoms with Crippen molar-refractivity contribution in [3.05, 3.63) is 17.7 Å². The van der Waals surface area contributed by atoms with Crippen LogP contribution in [0.4, 0.5) is 5.69 Å². The summed E-state index contributed by atoms with van der Waals surface area (Å²) in [5.74, 6) is 3.98. The zero-order valence-electron chi connectivity index (χ0n) is 13.1. The highest BCUT2D eigenvalue weighted by atomic mass is 32.2. The van der Waals surface area contributed by atoms with E-state index in [0.29, 0.717) is 11.5 Å². The smallest absolute Gasteiger partial charge is 0.162 e. The Labute approximate surface area is 126 Å². The number of anilines is 1. The normalized spacial score (nSPS) is 21.4. The molecule has 1 heterocycles. The van der Waals surface area contributed by atoms with Crippen LogP contribution in [0.15, 0.2) is 12.1 Å². The van der Waals surface area contributed by atoms with Crippen LogP contribution in [0, 0.1) is 12.3 Å². The molecule has 1 aromatic rings. The lowest BCUT2D eigenvalue weighted by Crippen LogP contribution is -2.35. The average Bonchev–Trinajstić information content (AvgIpc) is 2.39. The Balaban J connectivity index is 2.16. The molecular weight excluding hydrogens is 270 g/mol. The molecule has 1 saturated heterocycles. The number of benzene rings is 1. The van der Waals surface area contributed by atoms with Crippen LogP contribution in [0.3, 0.4) is 0 Å². The van der Waals surface area contributed by atoms with Gasteiger partial charge in [0, 0.05) is 23.5 Å². The van der Waals surface area contributed by atoms with E-state index in [1.165, 1.54) is 17.7 Å². The quantitative estimate of drug-likeness (QED) is 0.911. The highest BCUT2D eigenvalue weighted by Gasteiger charge is 2.28. The molecule has 3 nitrogen and oxygen atoms in total. The van der Waals surface area contributed by atoms with Crippen molar-refractivity contribution in [1.82, 2.24) is 0 Å². The van der Waals surface area contributed by atoms with Crippen LogP contribution in [-0.2, 0) is 0 Å². The van der Waals surface area contributed by atoms with Gasteiger partial charge < -0.3 is 14.8 Å². The van der Waals surface area contributed by atoms with Crippen LogP contribution in [0.1, 0.15) is 25.8 Å². The molecule has 0 aliphatic carbocycles. The van der Waals surface area contributed by atoms with Gasteiger partial charge in [-0.25, -0.2) is 0 Å². The lowest BCUT2D eigenvalue weighted by atomic mass is 9.87. The van der Waals surface area contributed by atoms with E-state index in [0.717, 1.165) is 22.9 Å². The summed E-state index contributed by atoms with van der Waals surface area (Å²) in [5, 5.41) is 3.67. The van der Waals surface area contributed by atoms with Crippen LogP contribution in [0.25, 0.3) is 0 Å². The first-order chi connectivity index (χ1) is 9.45.